The Hall–Kier alpha value is -9.05. The Bertz CT molecular complexity index is 3940. The molecule has 0 atom stereocenters. The highest BCUT2D eigenvalue weighted by Gasteiger charge is 2.17. The molecule has 0 aliphatic carbocycles. The van der Waals surface area contributed by atoms with Crippen LogP contribution in [0.3, 0.4) is 0 Å². The number of nitrogens with zero attached hydrogens (tertiary/aromatic N) is 3. The topological polar surface area (TPSA) is 22.8 Å². The Morgan fingerprint density at radius 2 is 0.559 bits per heavy atom. The monoisotopic (exact) mass is 865 g/mol. The van der Waals surface area contributed by atoms with Crippen molar-refractivity contribution in [1.82, 2.24) is 14.1 Å². The Kier molecular flexibility index (Phi) is 9.50. The van der Waals surface area contributed by atoms with E-state index in [0.29, 0.717) is 0 Å². The third-order valence-electron chi connectivity index (χ3n) is 13.5. The first-order valence-electron chi connectivity index (χ1n) is 23.3. The van der Waals surface area contributed by atoms with Crippen molar-refractivity contribution in [2.45, 2.75) is 0 Å². The lowest BCUT2D eigenvalue weighted by Crippen LogP contribution is -1.94. The van der Waals surface area contributed by atoms with Gasteiger partial charge in [0.05, 0.1) is 33.5 Å². The number of fused-ring (bicyclic) bond motifs is 6. The maximum atomic E-state index is 5.11. The molecule has 0 spiro atoms. The van der Waals surface area contributed by atoms with Crippen molar-refractivity contribution in [3.63, 3.8) is 0 Å². The van der Waals surface area contributed by atoms with Crippen LogP contribution in [-0.2, 0) is 0 Å². The van der Waals surface area contributed by atoms with Gasteiger partial charge in [0.15, 0.2) is 0 Å². The summed E-state index contributed by atoms with van der Waals surface area (Å²) in [7, 11) is 0. The van der Waals surface area contributed by atoms with Crippen molar-refractivity contribution in [2.75, 3.05) is 0 Å². The molecule has 68 heavy (non-hydrogen) atoms. The molecule has 3 nitrogen and oxygen atoms in total. The van der Waals surface area contributed by atoms with E-state index < -0.39 is 0 Å². The normalized spacial score (nSPS) is 11.5. The second kappa shape index (κ2) is 16.4. The Morgan fingerprint density at radius 1 is 0.206 bits per heavy atom. The number of hydrogen-bond acceptors (Lipinski definition) is 1. The first-order chi connectivity index (χ1) is 33.7. The van der Waals surface area contributed by atoms with E-state index in [9.17, 15) is 0 Å². The van der Waals surface area contributed by atoms with Gasteiger partial charge in [0.2, 0.25) is 0 Å². The molecule has 0 amide bonds. The Morgan fingerprint density at radius 3 is 1.06 bits per heavy atom. The average molecular weight is 866 g/mol. The molecule has 0 N–H and O–H groups in total. The predicted molar refractivity (Wildman–Crippen MR) is 286 cm³/mol. The van der Waals surface area contributed by atoms with Crippen molar-refractivity contribution in [3.8, 4) is 78.4 Å². The molecule has 0 saturated heterocycles. The van der Waals surface area contributed by atoms with Crippen molar-refractivity contribution in [2.24, 2.45) is 0 Å². The lowest BCUT2D eigenvalue weighted by molar-refractivity contribution is 1.18. The van der Waals surface area contributed by atoms with E-state index in [1.807, 2.05) is 12.1 Å². The average Bonchev–Trinajstić information content (AvgIpc) is 3.94. The van der Waals surface area contributed by atoms with Crippen LogP contribution in [0, 0.1) is 0 Å². The number of aromatic nitrogens is 3. The van der Waals surface area contributed by atoms with Gasteiger partial charge in [-0.25, -0.2) is 4.98 Å². The SMILES string of the molecule is c1ccc(-c2cc(-c3cccc(-c4cccc(-c5ccc(-n6c7ccccc7c7cc(-c8ccc9c(c8)c8ccccc8n9-c8ccccc8)ccc76)cc5)c4)c3)cc(-c3ccccc3)n2)cc1. The van der Waals surface area contributed by atoms with E-state index in [0.717, 1.165) is 39.3 Å². The third kappa shape index (κ3) is 6.88. The molecule has 13 aromatic rings. The standard InChI is InChI=1S/C65H43N3/c1-4-16-45(17-5-1)60-42-53(43-61(66-60)46-18-6-2-7-19-46)50-23-15-22-49(39-50)48-21-14-20-47(38-48)44-30-34-55(35-31-44)68-63-29-13-11-27-57(63)59-41-52(33-37-65(59)68)51-32-36-64-58(40-51)56-26-10-12-28-62(56)67(64)54-24-8-3-9-25-54/h1-43H. The zero-order valence-electron chi connectivity index (χ0n) is 37.2. The molecule has 318 valence electrons. The zero-order chi connectivity index (χ0) is 45.0. The third-order valence-corrected chi connectivity index (χ3v) is 13.5. The van der Waals surface area contributed by atoms with Gasteiger partial charge >= 0.3 is 0 Å². The number of para-hydroxylation sites is 3. The molecule has 13 rings (SSSR count). The van der Waals surface area contributed by atoms with Crippen LogP contribution in [0.5, 0.6) is 0 Å². The van der Waals surface area contributed by atoms with Crippen LogP contribution in [0.15, 0.2) is 261 Å². The summed E-state index contributed by atoms with van der Waals surface area (Å²) in [5.74, 6) is 0. The van der Waals surface area contributed by atoms with Gasteiger partial charge in [-0.05, 0) is 129 Å². The largest absolute Gasteiger partial charge is 0.309 e. The summed E-state index contributed by atoms with van der Waals surface area (Å²) in [5, 5.41) is 4.99. The Balaban J connectivity index is 0.831. The highest BCUT2D eigenvalue weighted by atomic mass is 15.0. The van der Waals surface area contributed by atoms with Gasteiger partial charge in [-0.1, -0.05) is 176 Å². The minimum atomic E-state index is 0.960. The Labute approximate surface area is 395 Å². The maximum Gasteiger partial charge on any atom is 0.0715 e. The van der Waals surface area contributed by atoms with E-state index in [4.69, 9.17) is 4.98 Å². The highest BCUT2D eigenvalue weighted by molar-refractivity contribution is 6.12. The van der Waals surface area contributed by atoms with Crippen molar-refractivity contribution in [3.05, 3.63) is 261 Å². The molecule has 0 fully saturated rings. The van der Waals surface area contributed by atoms with E-state index in [1.165, 1.54) is 82.7 Å². The molecule has 3 heterocycles. The number of pyridine rings is 1. The van der Waals surface area contributed by atoms with E-state index in [-0.39, 0.29) is 0 Å². The van der Waals surface area contributed by atoms with Crippen LogP contribution in [0.2, 0.25) is 0 Å². The molecule has 0 saturated carbocycles. The minimum Gasteiger partial charge on any atom is -0.309 e. The van der Waals surface area contributed by atoms with Gasteiger partial charge in [0.1, 0.15) is 0 Å². The molecule has 3 aromatic heterocycles. The van der Waals surface area contributed by atoms with E-state index in [1.54, 1.807) is 0 Å². The first-order valence-corrected chi connectivity index (χ1v) is 23.3. The summed E-state index contributed by atoms with van der Waals surface area (Å²) in [6, 6.07) is 94.2. The summed E-state index contributed by atoms with van der Waals surface area (Å²) in [4.78, 5) is 5.11. The molecular formula is C65H43N3. The number of benzene rings is 10. The van der Waals surface area contributed by atoms with Gasteiger partial charge in [-0.3, -0.25) is 0 Å². The van der Waals surface area contributed by atoms with E-state index in [2.05, 4.69) is 258 Å². The van der Waals surface area contributed by atoms with Gasteiger partial charge in [0, 0.05) is 44.0 Å². The fourth-order valence-electron chi connectivity index (χ4n) is 10.2. The van der Waals surface area contributed by atoms with Crippen molar-refractivity contribution < 1.29 is 0 Å². The maximum absolute atomic E-state index is 5.11. The van der Waals surface area contributed by atoms with Crippen LogP contribution in [-0.4, -0.2) is 14.1 Å². The molecule has 0 bridgehead atoms. The summed E-state index contributed by atoms with van der Waals surface area (Å²) in [6.45, 7) is 0. The molecule has 0 unspecified atom stereocenters. The summed E-state index contributed by atoms with van der Waals surface area (Å²) in [6.07, 6.45) is 0. The molecule has 0 aliphatic heterocycles. The van der Waals surface area contributed by atoms with Crippen LogP contribution in [0.1, 0.15) is 0 Å². The van der Waals surface area contributed by atoms with Crippen molar-refractivity contribution in [1.29, 1.82) is 0 Å². The van der Waals surface area contributed by atoms with Gasteiger partial charge in [-0.15, -0.1) is 0 Å². The lowest BCUT2D eigenvalue weighted by Gasteiger charge is -2.12. The molecule has 0 radical (unpaired) electrons. The molecular weight excluding hydrogens is 823 g/mol. The fourth-order valence-corrected chi connectivity index (χ4v) is 10.2. The van der Waals surface area contributed by atoms with Crippen LogP contribution < -0.4 is 0 Å². The molecule has 0 aliphatic rings. The van der Waals surface area contributed by atoms with E-state index >= 15 is 0 Å². The summed E-state index contributed by atoms with van der Waals surface area (Å²) in [5.41, 5.74) is 20.6. The van der Waals surface area contributed by atoms with Gasteiger partial charge < -0.3 is 9.13 Å². The van der Waals surface area contributed by atoms with Gasteiger partial charge in [-0.2, -0.15) is 0 Å². The predicted octanol–water partition coefficient (Wildman–Crippen LogP) is 17.3. The quantitative estimate of drug-likeness (QED) is 0.149. The van der Waals surface area contributed by atoms with Crippen LogP contribution in [0.25, 0.3) is 122 Å². The minimum absolute atomic E-state index is 0.960. The second-order valence-corrected chi connectivity index (χ2v) is 17.6. The fraction of sp³-hybridized carbons (Fsp3) is 0. The second-order valence-electron chi connectivity index (χ2n) is 17.6. The van der Waals surface area contributed by atoms with Crippen LogP contribution in [0.4, 0.5) is 0 Å². The first kappa shape index (κ1) is 39.3. The van der Waals surface area contributed by atoms with Crippen LogP contribution >= 0.6 is 0 Å². The highest BCUT2D eigenvalue weighted by Crippen LogP contribution is 2.39. The lowest BCUT2D eigenvalue weighted by atomic mass is 9.95. The zero-order valence-corrected chi connectivity index (χ0v) is 37.2. The van der Waals surface area contributed by atoms with Gasteiger partial charge in [0.25, 0.3) is 0 Å². The molecule has 3 heteroatoms. The molecule has 10 aromatic carbocycles. The van der Waals surface area contributed by atoms with Crippen molar-refractivity contribution >= 4 is 43.6 Å². The number of hydrogen-bond donors (Lipinski definition) is 0. The summed E-state index contributed by atoms with van der Waals surface area (Å²) >= 11 is 0. The summed E-state index contributed by atoms with van der Waals surface area (Å²) < 4.78 is 4.78. The smallest absolute Gasteiger partial charge is 0.0715 e. The number of rotatable bonds is 8.